The number of morpholine rings is 1. The maximum Gasteiger partial charge on any atom is 0.243 e. The molecule has 1 aliphatic rings. The Labute approximate surface area is 125 Å². The number of sulfonamides is 1. The van der Waals surface area contributed by atoms with Crippen LogP contribution in [0.2, 0.25) is 0 Å². The molecule has 0 aromatic heterocycles. The van der Waals surface area contributed by atoms with Crippen LogP contribution in [0.5, 0.6) is 0 Å². The van der Waals surface area contributed by atoms with E-state index in [1.807, 2.05) is 26.8 Å². The molecule has 6 heteroatoms. The summed E-state index contributed by atoms with van der Waals surface area (Å²) in [4.78, 5) is 0.354. The van der Waals surface area contributed by atoms with Gasteiger partial charge in [-0.2, -0.15) is 4.31 Å². The zero-order valence-corrected chi connectivity index (χ0v) is 13.6. The summed E-state index contributed by atoms with van der Waals surface area (Å²) in [6, 6.07) is 3.44. The zero-order valence-electron chi connectivity index (χ0n) is 12.0. The quantitative estimate of drug-likeness (QED) is 0.805. The second-order valence-electron chi connectivity index (χ2n) is 5.22. The molecule has 1 saturated heterocycles. The van der Waals surface area contributed by atoms with Crippen molar-refractivity contribution in [3.8, 4) is 0 Å². The van der Waals surface area contributed by atoms with Crippen molar-refractivity contribution in [1.82, 2.24) is 4.31 Å². The number of aryl methyl sites for hydroxylation is 2. The highest BCUT2D eigenvalue weighted by Crippen LogP contribution is 2.26. The van der Waals surface area contributed by atoms with Crippen molar-refractivity contribution in [3.05, 3.63) is 28.8 Å². The molecule has 2 rings (SSSR count). The largest absolute Gasteiger partial charge is 0.378 e. The number of rotatable bonds is 3. The Bertz CT molecular complexity index is 601. The summed E-state index contributed by atoms with van der Waals surface area (Å²) in [6.07, 6.45) is 0. The van der Waals surface area contributed by atoms with Gasteiger partial charge in [0.15, 0.2) is 0 Å². The number of benzene rings is 1. The van der Waals surface area contributed by atoms with E-state index >= 15 is 0 Å². The van der Waals surface area contributed by atoms with E-state index in [9.17, 15) is 8.42 Å². The van der Waals surface area contributed by atoms with Gasteiger partial charge >= 0.3 is 0 Å². The van der Waals surface area contributed by atoms with Crippen LogP contribution >= 0.6 is 11.6 Å². The minimum Gasteiger partial charge on any atom is -0.378 e. The number of halogens is 1. The van der Waals surface area contributed by atoms with Crippen molar-refractivity contribution in [3.63, 3.8) is 0 Å². The Morgan fingerprint density at radius 3 is 2.65 bits per heavy atom. The molecule has 0 radical (unpaired) electrons. The minimum atomic E-state index is -3.50. The number of alkyl halides is 1. The lowest BCUT2D eigenvalue weighted by atomic mass is 10.1. The standard InChI is InChI=1S/C14H20ClNO3S/c1-10-6-11(2)14(7-13(10)8-15)20(17,18)16-4-5-19-9-12(16)3/h6-7,12H,4-5,8-9H2,1-3H3. The maximum absolute atomic E-state index is 12.8. The average molecular weight is 318 g/mol. The third-order valence-corrected chi connectivity index (χ3v) is 6.11. The van der Waals surface area contributed by atoms with Gasteiger partial charge in [-0.15, -0.1) is 11.6 Å². The van der Waals surface area contributed by atoms with Crippen LogP contribution in [0.4, 0.5) is 0 Å². The Morgan fingerprint density at radius 2 is 2.05 bits per heavy atom. The predicted molar refractivity (Wildman–Crippen MR) is 79.6 cm³/mol. The molecular weight excluding hydrogens is 298 g/mol. The second kappa shape index (κ2) is 6.02. The lowest BCUT2D eigenvalue weighted by Gasteiger charge is -2.32. The fourth-order valence-electron chi connectivity index (χ4n) is 2.49. The highest BCUT2D eigenvalue weighted by atomic mass is 35.5. The zero-order chi connectivity index (χ0) is 14.9. The molecule has 0 spiro atoms. The van der Waals surface area contributed by atoms with E-state index in [0.717, 1.165) is 16.7 Å². The van der Waals surface area contributed by atoms with E-state index in [1.54, 1.807) is 6.07 Å². The monoisotopic (exact) mass is 317 g/mol. The first-order valence-electron chi connectivity index (χ1n) is 6.63. The van der Waals surface area contributed by atoms with Crippen LogP contribution in [0.3, 0.4) is 0 Å². The van der Waals surface area contributed by atoms with Crippen LogP contribution in [0.15, 0.2) is 17.0 Å². The van der Waals surface area contributed by atoms with Gasteiger partial charge in [-0.05, 0) is 43.5 Å². The lowest BCUT2D eigenvalue weighted by Crippen LogP contribution is -2.47. The molecule has 1 heterocycles. The minimum absolute atomic E-state index is 0.145. The molecular formula is C14H20ClNO3S. The van der Waals surface area contributed by atoms with Crippen LogP contribution in [0.25, 0.3) is 0 Å². The fourth-order valence-corrected chi connectivity index (χ4v) is 4.64. The van der Waals surface area contributed by atoms with Gasteiger partial charge in [0.2, 0.25) is 10.0 Å². The number of hydrogen-bond donors (Lipinski definition) is 0. The van der Waals surface area contributed by atoms with E-state index in [-0.39, 0.29) is 6.04 Å². The highest BCUT2D eigenvalue weighted by molar-refractivity contribution is 7.89. The van der Waals surface area contributed by atoms with E-state index in [4.69, 9.17) is 16.3 Å². The average Bonchev–Trinajstić information content (AvgIpc) is 2.38. The van der Waals surface area contributed by atoms with Crippen LogP contribution in [0, 0.1) is 13.8 Å². The molecule has 112 valence electrons. The summed E-state index contributed by atoms with van der Waals surface area (Å²) in [6.45, 7) is 6.90. The molecule has 1 fully saturated rings. The molecule has 0 bridgehead atoms. The second-order valence-corrected chi connectivity index (χ2v) is 7.34. The highest BCUT2D eigenvalue weighted by Gasteiger charge is 2.32. The lowest BCUT2D eigenvalue weighted by molar-refractivity contribution is 0.0392. The summed E-state index contributed by atoms with van der Waals surface area (Å²) in [5.41, 5.74) is 2.64. The van der Waals surface area contributed by atoms with Crippen molar-refractivity contribution in [2.24, 2.45) is 0 Å². The van der Waals surface area contributed by atoms with E-state index < -0.39 is 10.0 Å². The van der Waals surface area contributed by atoms with Crippen LogP contribution in [-0.2, 0) is 20.6 Å². The van der Waals surface area contributed by atoms with Gasteiger partial charge < -0.3 is 4.74 Å². The molecule has 0 N–H and O–H groups in total. The van der Waals surface area contributed by atoms with Gasteiger partial charge in [0.25, 0.3) is 0 Å². The Morgan fingerprint density at radius 1 is 1.35 bits per heavy atom. The van der Waals surface area contributed by atoms with E-state index in [0.29, 0.717) is 30.5 Å². The molecule has 0 aliphatic carbocycles. The van der Waals surface area contributed by atoms with Crippen LogP contribution in [-0.4, -0.2) is 38.5 Å². The number of hydrogen-bond acceptors (Lipinski definition) is 3. The number of ether oxygens (including phenoxy) is 1. The first-order valence-corrected chi connectivity index (χ1v) is 8.61. The van der Waals surface area contributed by atoms with Crippen molar-refractivity contribution in [1.29, 1.82) is 0 Å². The summed E-state index contributed by atoms with van der Waals surface area (Å²) < 4.78 is 32.5. The number of nitrogens with zero attached hydrogens (tertiary/aromatic N) is 1. The fraction of sp³-hybridized carbons (Fsp3) is 0.571. The summed E-state index contributed by atoms with van der Waals surface area (Å²) in [5, 5.41) is 0. The molecule has 4 nitrogen and oxygen atoms in total. The van der Waals surface area contributed by atoms with Gasteiger partial charge in [-0.3, -0.25) is 0 Å². The molecule has 1 aromatic rings. The predicted octanol–water partition coefficient (Wildman–Crippen LogP) is 2.45. The molecule has 20 heavy (non-hydrogen) atoms. The van der Waals surface area contributed by atoms with Gasteiger partial charge in [-0.25, -0.2) is 8.42 Å². The van der Waals surface area contributed by atoms with Gasteiger partial charge in [0, 0.05) is 18.5 Å². The van der Waals surface area contributed by atoms with Crippen molar-refractivity contribution in [2.75, 3.05) is 19.8 Å². The summed E-state index contributed by atoms with van der Waals surface area (Å²) in [5.74, 6) is 0.313. The third-order valence-electron chi connectivity index (χ3n) is 3.67. The smallest absolute Gasteiger partial charge is 0.243 e. The molecule has 0 amide bonds. The topological polar surface area (TPSA) is 46.6 Å². The Kier molecular flexibility index (Phi) is 4.74. The maximum atomic E-state index is 12.8. The van der Waals surface area contributed by atoms with E-state index in [2.05, 4.69) is 0 Å². The molecule has 0 saturated carbocycles. The third kappa shape index (κ3) is 2.86. The molecule has 1 unspecified atom stereocenters. The molecule has 1 atom stereocenters. The van der Waals surface area contributed by atoms with E-state index in [1.165, 1.54) is 4.31 Å². The normalized spacial score (nSPS) is 21.1. The summed E-state index contributed by atoms with van der Waals surface area (Å²) >= 11 is 5.89. The van der Waals surface area contributed by atoms with Gasteiger partial charge in [-0.1, -0.05) is 6.07 Å². The van der Waals surface area contributed by atoms with Crippen molar-refractivity contribution < 1.29 is 13.2 Å². The molecule has 1 aliphatic heterocycles. The Hall–Kier alpha value is -0.620. The SMILES string of the molecule is Cc1cc(C)c(S(=O)(=O)N2CCOCC2C)cc1CCl. The van der Waals surface area contributed by atoms with Crippen molar-refractivity contribution in [2.45, 2.75) is 37.6 Å². The van der Waals surface area contributed by atoms with Crippen molar-refractivity contribution >= 4 is 21.6 Å². The first-order chi connectivity index (χ1) is 9.37. The van der Waals surface area contributed by atoms with Gasteiger partial charge in [0.05, 0.1) is 18.1 Å². The van der Waals surface area contributed by atoms with Crippen LogP contribution in [0.1, 0.15) is 23.6 Å². The molecule has 1 aromatic carbocycles. The summed E-state index contributed by atoms with van der Waals surface area (Å²) in [7, 11) is -3.50. The Balaban J connectivity index is 2.48. The first kappa shape index (κ1) is 15.8. The van der Waals surface area contributed by atoms with Gasteiger partial charge in [0.1, 0.15) is 0 Å². The van der Waals surface area contributed by atoms with Crippen LogP contribution < -0.4 is 0 Å².